The molecular formula is C48H48N2S2. The average molecular weight is 717 g/mol. The van der Waals surface area contributed by atoms with Crippen LogP contribution in [-0.2, 0) is 38.5 Å². The number of rotatable bonds is 18. The van der Waals surface area contributed by atoms with Crippen LogP contribution >= 0.6 is 22.7 Å². The van der Waals surface area contributed by atoms with E-state index in [1.165, 1.54) is 32.0 Å². The molecule has 0 bridgehead atoms. The maximum atomic E-state index is 3.30. The molecule has 0 atom stereocenters. The van der Waals surface area contributed by atoms with Gasteiger partial charge in [0.25, 0.3) is 0 Å². The lowest BCUT2D eigenvalue weighted by atomic mass is 10.1. The van der Waals surface area contributed by atoms with Gasteiger partial charge in [0.05, 0.1) is 9.75 Å². The summed E-state index contributed by atoms with van der Waals surface area (Å²) in [5.74, 6) is 12.8. The van der Waals surface area contributed by atoms with Crippen molar-refractivity contribution >= 4 is 22.7 Å². The summed E-state index contributed by atoms with van der Waals surface area (Å²) in [6.45, 7) is 6.35. The van der Waals surface area contributed by atoms with E-state index in [1.54, 1.807) is 22.7 Å². The molecule has 0 unspecified atom stereocenters. The van der Waals surface area contributed by atoms with Crippen molar-refractivity contribution in [1.29, 1.82) is 0 Å². The normalized spacial score (nSPS) is 10.9. The van der Waals surface area contributed by atoms with Gasteiger partial charge in [-0.25, -0.2) is 0 Å². The third-order valence-corrected chi connectivity index (χ3v) is 11.5. The second-order valence-electron chi connectivity index (χ2n) is 13.2. The third kappa shape index (κ3) is 13.1. The van der Waals surface area contributed by atoms with Crippen molar-refractivity contribution < 1.29 is 0 Å². The molecular weight excluding hydrogens is 669 g/mol. The molecule has 0 fully saturated rings. The van der Waals surface area contributed by atoms with E-state index >= 15 is 0 Å². The summed E-state index contributed by atoms with van der Waals surface area (Å²) in [5.41, 5.74) is 5.60. The lowest BCUT2D eigenvalue weighted by Crippen LogP contribution is -2.30. The van der Waals surface area contributed by atoms with Gasteiger partial charge in [0.15, 0.2) is 0 Å². The standard InChI is InChI=1S/C48H48N2S2/c1-5-15-41(16-6-1)29-35-49(36-30-42-17-7-2-8-18-42)39-33-47-27-25-45(51-47)23-13-14-24-46-26-28-48(52-46)34-40-50(37-31-43-19-9-3-10-20-43)38-32-44-21-11-4-12-22-44/h1-12,15-22,25-28H,29-40H2. The third-order valence-electron chi connectivity index (χ3n) is 9.34. The fourth-order valence-corrected chi connectivity index (χ4v) is 7.98. The van der Waals surface area contributed by atoms with E-state index in [1.807, 2.05) is 0 Å². The predicted octanol–water partition coefficient (Wildman–Crippen LogP) is 9.87. The molecule has 2 nitrogen and oxygen atoms in total. The first-order chi connectivity index (χ1) is 25.7. The number of benzene rings is 4. The van der Waals surface area contributed by atoms with Crippen LogP contribution in [0, 0.1) is 23.7 Å². The molecule has 2 aromatic heterocycles. The molecule has 0 spiro atoms. The maximum absolute atomic E-state index is 3.30. The van der Waals surface area contributed by atoms with Gasteiger partial charge in [-0.05, 0) is 109 Å². The summed E-state index contributed by atoms with van der Waals surface area (Å²) in [6, 6.07) is 52.1. The van der Waals surface area contributed by atoms with Gasteiger partial charge in [-0.3, -0.25) is 0 Å². The van der Waals surface area contributed by atoms with Gasteiger partial charge in [0, 0.05) is 49.0 Å². The summed E-state index contributed by atoms with van der Waals surface area (Å²) in [4.78, 5) is 10.2. The highest BCUT2D eigenvalue weighted by atomic mass is 32.1. The zero-order valence-corrected chi connectivity index (χ0v) is 31.7. The molecule has 262 valence electrons. The Hall–Kier alpha value is -4.68. The molecule has 4 aromatic carbocycles. The summed E-state index contributed by atoms with van der Waals surface area (Å²) in [6.07, 6.45) is 6.36. The topological polar surface area (TPSA) is 6.48 Å². The summed E-state index contributed by atoms with van der Waals surface area (Å²) >= 11 is 3.60. The monoisotopic (exact) mass is 716 g/mol. The second kappa shape index (κ2) is 21.0. The van der Waals surface area contributed by atoms with Crippen molar-refractivity contribution in [3.05, 3.63) is 187 Å². The van der Waals surface area contributed by atoms with Crippen LogP contribution in [-0.4, -0.2) is 49.1 Å². The van der Waals surface area contributed by atoms with E-state index in [0.29, 0.717) is 0 Å². The van der Waals surface area contributed by atoms with Crippen molar-refractivity contribution in [3.63, 3.8) is 0 Å². The van der Waals surface area contributed by atoms with Crippen LogP contribution in [0.2, 0.25) is 0 Å². The summed E-state index contributed by atoms with van der Waals surface area (Å²) < 4.78 is 0. The maximum Gasteiger partial charge on any atom is 0.0781 e. The molecule has 0 N–H and O–H groups in total. The van der Waals surface area contributed by atoms with E-state index in [9.17, 15) is 0 Å². The van der Waals surface area contributed by atoms with Crippen molar-refractivity contribution in [2.24, 2.45) is 0 Å². The Morgan fingerprint density at radius 1 is 0.327 bits per heavy atom. The van der Waals surface area contributed by atoms with Gasteiger partial charge in [0.2, 0.25) is 0 Å². The van der Waals surface area contributed by atoms with E-state index in [-0.39, 0.29) is 0 Å². The Morgan fingerprint density at radius 2 is 0.615 bits per heavy atom. The Morgan fingerprint density at radius 3 is 0.923 bits per heavy atom. The first-order valence-corrected chi connectivity index (χ1v) is 20.2. The van der Waals surface area contributed by atoms with Gasteiger partial charge in [0.1, 0.15) is 0 Å². The molecule has 4 heteroatoms. The zero-order chi connectivity index (χ0) is 35.5. The van der Waals surface area contributed by atoms with Crippen molar-refractivity contribution in [2.75, 3.05) is 39.3 Å². The first kappa shape index (κ1) is 37.1. The van der Waals surface area contributed by atoms with E-state index < -0.39 is 0 Å². The first-order valence-electron chi connectivity index (χ1n) is 18.5. The molecule has 6 aromatic rings. The Labute approximate surface area is 319 Å². The van der Waals surface area contributed by atoms with E-state index in [2.05, 4.69) is 179 Å². The molecule has 52 heavy (non-hydrogen) atoms. The van der Waals surface area contributed by atoms with Crippen molar-refractivity contribution in [1.82, 2.24) is 9.80 Å². The van der Waals surface area contributed by atoms with Crippen molar-refractivity contribution in [3.8, 4) is 23.7 Å². The van der Waals surface area contributed by atoms with Crippen LogP contribution in [0.5, 0.6) is 0 Å². The number of thiophene rings is 2. The molecule has 0 saturated heterocycles. The van der Waals surface area contributed by atoms with Crippen LogP contribution in [0.4, 0.5) is 0 Å². The van der Waals surface area contributed by atoms with Gasteiger partial charge < -0.3 is 9.80 Å². The number of nitrogens with zero attached hydrogens (tertiary/aromatic N) is 2. The van der Waals surface area contributed by atoms with E-state index in [4.69, 9.17) is 0 Å². The van der Waals surface area contributed by atoms with Gasteiger partial charge >= 0.3 is 0 Å². The molecule has 6 rings (SSSR count). The molecule has 0 saturated carbocycles. The Bertz CT molecular complexity index is 1770. The van der Waals surface area contributed by atoms with Gasteiger partial charge in [-0.15, -0.1) is 22.7 Å². The lowest BCUT2D eigenvalue weighted by molar-refractivity contribution is 0.284. The molecule has 0 aliphatic rings. The highest BCUT2D eigenvalue weighted by molar-refractivity contribution is 7.12. The van der Waals surface area contributed by atoms with Crippen LogP contribution in [0.3, 0.4) is 0 Å². The highest BCUT2D eigenvalue weighted by Gasteiger charge is 2.10. The Kier molecular flexibility index (Phi) is 15.0. The minimum atomic E-state index is 1.04. The fourth-order valence-electron chi connectivity index (χ4n) is 6.28. The Balaban J connectivity index is 0.979. The summed E-state index contributed by atoms with van der Waals surface area (Å²) in [5, 5.41) is 0. The van der Waals surface area contributed by atoms with Crippen LogP contribution in [0.15, 0.2) is 146 Å². The summed E-state index contributed by atoms with van der Waals surface area (Å²) in [7, 11) is 0. The number of hydrogen-bond donors (Lipinski definition) is 0. The minimum absolute atomic E-state index is 1.04. The molecule has 0 aliphatic heterocycles. The van der Waals surface area contributed by atoms with Gasteiger partial charge in [-0.2, -0.15) is 0 Å². The average Bonchev–Trinajstić information content (AvgIpc) is 3.87. The van der Waals surface area contributed by atoms with Crippen LogP contribution < -0.4 is 0 Å². The molecule has 0 aliphatic carbocycles. The zero-order valence-electron chi connectivity index (χ0n) is 30.1. The molecule has 0 radical (unpaired) electrons. The molecule has 0 amide bonds. The van der Waals surface area contributed by atoms with E-state index in [0.717, 1.165) is 87.5 Å². The highest BCUT2D eigenvalue weighted by Crippen LogP contribution is 2.18. The smallest absolute Gasteiger partial charge is 0.0781 e. The van der Waals surface area contributed by atoms with Crippen LogP contribution in [0.1, 0.15) is 41.8 Å². The van der Waals surface area contributed by atoms with Crippen molar-refractivity contribution in [2.45, 2.75) is 38.5 Å². The SMILES string of the molecule is C(C#Cc1ccc(CCN(CCc2ccccc2)CCc2ccccc2)s1)#Cc1ccc(CCN(CCc2ccccc2)CCc2ccccc2)s1. The predicted molar refractivity (Wildman–Crippen MR) is 223 cm³/mol. The lowest BCUT2D eigenvalue weighted by Gasteiger charge is -2.22. The second-order valence-corrected chi connectivity index (χ2v) is 15.5. The van der Waals surface area contributed by atoms with Gasteiger partial charge in [-0.1, -0.05) is 121 Å². The quantitative estimate of drug-likeness (QED) is 0.0818. The fraction of sp³-hybridized carbons (Fsp3) is 0.250. The molecule has 2 heterocycles. The van der Waals surface area contributed by atoms with Crippen LogP contribution in [0.25, 0.3) is 0 Å². The number of hydrogen-bond acceptors (Lipinski definition) is 4. The minimum Gasteiger partial charge on any atom is -0.302 e. The largest absolute Gasteiger partial charge is 0.302 e.